The molecular weight excluding hydrogens is 411 g/mol. The van der Waals surface area contributed by atoms with E-state index in [0.717, 1.165) is 16.6 Å². The monoisotopic (exact) mass is 424 g/mol. The molecular formula is C17H14BrFN2O3S. The van der Waals surface area contributed by atoms with Crippen molar-refractivity contribution in [2.45, 2.75) is 9.92 Å². The maximum atomic E-state index is 13.1. The Kier molecular flexibility index (Phi) is 4.66. The van der Waals surface area contributed by atoms with Crippen molar-refractivity contribution in [2.75, 3.05) is 19.0 Å². The van der Waals surface area contributed by atoms with Crippen molar-refractivity contribution >= 4 is 31.7 Å². The fourth-order valence-corrected chi connectivity index (χ4v) is 4.00. The number of aromatic nitrogens is 1. The standard InChI is InChI=1S/C17H14BrFN2O3S/c1-21(2)17-16(25(22,23)14-8-6-13(19)7-9-14)20-15(24-17)11-4-3-5-12(18)10-11/h3-10H,1-2H3. The zero-order chi connectivity index (χ0) is 18.2. The molecule has 2 aromatic carbocycles. The predicted octanol–water partition coefficient (Wildman–Crippen LogP) is 4.14. The first-order valence-electron chi connectivity index (χ1n) is 7.24. The second kappa shape index (κ2) is 6.61. The van der Waals surface area contributed by atoms with Crippen LogP contribution in [0.15, 0.2) is 67.3 Å². The van der Waals surface area contributed by atoms with Gasteiger partial charge in [-0.15, -0.1) is 0 Å². The summed E-state index contributed by atoms with van der Waals surface area (Å²) >= 11 is 3.36. The lowest BCUT2D eigenvalue weighted by molar-refractivity contribution is 0.564. The molecule has 0 N–H and O–H groups in total. The predicted molar refractivity (Wildman–Crippen MR) is 95.8 cm³/mol. The van der Waals surface area contributed by atoms with Crippen LogP contribution in [0, 0.1) is 5.82 Å². The number of rotatable bonds is 4. The summed E-state index contributed by atoms with van der Waals surface area (Å²) in [4.78, 5) is 5.69. The second-order valence-corrected chi connectivity index (χ2v) is 8.27. The number of sulfone groups is 1. The van der Waals surface area contributed by atoms with Crippen molar-refractivity contribution in [3.8, 4) is 11.5 Å². The molecule has 0 aliphatic rings. The largest absolute Gasteiger partial charge is 0.419 e. The van der Waals surface area contributed by atoms with E-state index >= 15 is 0 Å². The highest BCUT2D eigenvalue weighted by atomic mass is 79.9. The molecule has 0 radical (unpaired) electrons. The van der Waals surface area contributed by atoms with Crippen LogP contribution in [0.1, 0.15) is 0 Å². The van der Waals surface area contributed by atoms with Crippen LogP contribution in [-0.2, 0) is 9.84 Å². The van der Waals surface area contributed by atoms with E-state index in [1.807, 2.05) is 6.07 Å². The highest BCUT2D eigenvalue weighted by Gasteiger charge is 2.29. The van der Waals surface area contributed by atoms with Crippen molar-refractivity contribution in [1.29, 1.82) is 0 Å². The van der Waals surface area contributed by atoms with E-state index in [2.05, 4.69) is 20.9 Å². The summed E-state index contributed by atoms with van der Waals surface area (Å²) in [5, 5.41) is -0.209. The molecule has 0 saturated carbocycles. The SMILES string of the molecule is CN(C)c1oc(-c2cccc(Br)c2)nc1S(=O)(=O)c1ccc(F)cc1. The summed E-state index contributed by atoms with van der Waals surface area (Å²) in [6.45, 7) is 0. The average Bonchev–Trinajstić information content (AvgIpc) is 3.02. The molecule has 8 heteroatoms. The van der Waals surface area contributed by atoms with Gasteiger partial charge in [-0.3, -0.25) is 0 Å². The molecule has 3 rings (SSSR count). The molecule has 1 aromatic heterocycles. The summed E-state index contributed by atoms with van der Waals surface area (Å²) in [7, 11) is -0.630. The van der Waals surface area contributed by atoms with Gasteiger partial charge in [0.15, 0.2) is 0 Å². The van der Waals surface area contributed by atoms with Gasteiger partial charge in [-0.1, -0.05) is 22.0 Å². The molecule has 130 valence electrons. The molecule has 0 saturated heterocycles. The molecule has 0 aliphatic heterocycles. The van der Waals surface area contributed by atoms with Gasteiger partial charge in [-0.05, 0) is 42.5 Å². The van der Waals surface area contributed by atoms with E-state index in [1.54, 1.807) is 32.3 Å². The van der Waals surface area contributed by atoms with Gasteiger partial charge >= 0.3 is 0 Å². The van der Waals surface area contributed by atoms with Gasteiger partial charge in [0.2, 0.25) is 26.6 Å². The third-order valence-electron chi connectivity index (χ3n) is 3.44. The van der Waals surface area contributed by atoms with Gasteiger partial charge in [0.25, 0.3) is 0 Å². The van der Waals surface area contributed by atoms with Crippen LogP contribution in [0.3, 0.4) is 0 Å². The van der Waals surface area contributed by atoms with E-state index in [9.17, 15) is 12.8 Å². The third kappa shape index (κ3) is 3.45. The molecule has 0 spiro atoms. The third-order valence-corrected chi connectivity index (χ3v) is 5.60. The maximum Gasteiger partial charge on any atom is 0.235 e. The zero-order valence-electron chi connectivity index (χ0n) is 13.4. The van der Waals surface area contributed by atoms with Crippen LogP contribution in [0.5, 0.6) is 0 Å². The van der Waals surface area contributed by atoms with Gasteiger partial charge < -0.3 is 9.32 Å². The highest BCUT2D eigenvalue weighted by Crippen LogP contribution is 2.34. The minimum absolute atomic E-state index is 0.0499. The summed E-state index contributed by atoms with van der Waals surface area (Å²) in [5.41, 5.74) is 0.637. The summed E-state index contributed by atoms with van der Waals surface area (Å²) in [6, 6.07) is 11.8. The Morgan fingerprint density at radius 1 is 1.12 bits per heavy atom. The van der Waals surface area contributed by atoms with Crippen LogP contribution in [0.2, 0.25) is 0 Å². The smallest absolute Gasteiger partial charge is 0.235 e. The molecule has 0 bridgehead atoms. The van der Waals surface area contributed by atoms with E-state index < -0.39 is 15.7 Å². The fraction of sp³-hybridized carbons (Fsp3) is 0.118. The van der Waals surface area contributed by atoms with Crippen LogP contribution in [-0.4, -0.2) is 27.5 Å². The number of anilines is 1. The molecule has 0 aliphatic carbocycles. The Balaban J connectivity index is 2.16. The summed E-state index contributed by atoms with van der Waals surface area (Å²) in [5.74, 6) is -0.216. The lowest BCUT2D eigenvalue weighted by atomic mass is 10.2. The van der Waals surface area contributed by atoms with Gasteiger partial charge in [0.05, 0.1) is 4.90 Å². The van der Waals surface area contributed by atoms with Crippen molar-refractivity contribution < 1.29 is 17.2 Å². The van der Waals surface area contributed by atoms with E-state index in [1.165, 1.54) is 17.0 Å². The summed E-state index contributed by atoms with van der Waals surface area (Å²) in [6.07, 6.45) is 0. The average molecular weight is 425 g/mol. The highest BCUT2D eigenvalue weighted by molar-refractivity contribution is 9.10. The first-order chi connectivity index (χ1) is 11.8. The molecule has 0 fully saturated rings. The molecule has 0 atom stereocenters. The molecule has 5 nitrogen and oxygen atoms in total. The van der Waals surface area contributed by atoms with Gasteiger partial charge in [0.1, 0.15) is 5.82 Å². The molecule has 0 unspecified atom stereocenters. The molecule has 3 aromatic rings. The molecule has 25 heavy (non-hydrogen) atoms. The Bertz CT molecular complexity index is 1010. The molecule has 0 amide bonds. The number of oxazole rings is 1. The van der Waals surface area contributed by atoms with Crippen molar-refractivity contribution in [2.24, 2.45) is 0 Å². The maximum absolute atomic E-state index is 13.1. The number of halogens is 2. The second-order valence-electron chi connectivity index (χ2n) is 5.49. The lowest BCUT2D eigenvalue weighted by Gasteiger charge is -2.10. The minimum Gasteiger partial charge on any atom is -0.419 e. The van der Waals surface area contributed by atoms with Crippen molar-refractivity contribution in [3.63, 3.8) is 0 Å². The Hall–Kier alpha value is -2.19. The number of hydrogen-bond donors (Lipinski definition) is 0. The number of nitrogens with zero attached hydrogens (tertiary/aromatic N) is 2. The number of benzene rings is 2. The van der Waals surface area contributed by atoms with Gasteiger partial charge in [-0.25, -0.2) is 12.8 Å². The van der Waals surface area contributed by atoms with Crippen molar-refractivity contribution in [1.82, 2.24) is 4.98 Å². The van der Waals surface area contributed by atoms with Crippen LogP contribution >= 0.6 is 15.9 Å². The fourth-order valence-electron chi connectivity index (χ4n) is 2.23. The first-order valence-corrected chi connectivity index (χ1v) is 9.51. The Morgan fingerprint density at radius 2 is 1.80 bits per heavy atom. The van der Waals surface area contributed by atoms with Gasteiger partial charge in [0, 0.05) is 24.1 Å². The Labute approximate surface area is 153 Å². The van der Waals surface area contributed by atoms with Crippen molar-refractivity contribution in [3.05, 3.63) is 58.8 Å². The van der Waals surface area contributed by atoms with Gasteiger partial charge in [-0.2, -0.15) is 4.98 Å². The van der Waals surface area contributed by atoms with E-state index in [4.69, 9.17) is 4.42 Å². The van der Waals surface area contributed by atoms with E-state index in [0.29, 0.717) is 5.56 Å². The quantitative estimate of drug-likeness (QED) is 0.588. The topological polar surface area (TPSA) is 63.4 Å². The Morgan fingerprint density at radius 3 is 2.40 bits per heavy atom. The van der Waals surface area contributed by atoms with Crippen LogP contribution < -0.4 is 4.90 Å². The lowest BCUT2D eigenvalue weighted by Crippen LogP contribution is -2.13. The minimum atomic E-state index is -3.95. The molecule has 1 heterocycles. The number of hydrogen-bond acceptors (Lipinski definition) is 5. The first kappa shape index (κ1) is 17.6. The van der Waals surface area contributed by atoms with Crippen LogP contribution in [0.25, 0.3) is 11.5 Å². The zero-order valence-corrected chi connectivity index (χ0v) is 15.8. The van der Waals surface area contributed by atoms with E-state index in [-0.39, 0.29) is 21.7 Å². The normalized spacial score (nSPS) is 11.5. The summed E-state index contributed by atoms with van der Waals surface area (Å²) < 4.78 is 45.4. The van der Waals surface area contributed by atoms with Crippen LogP contribution in [0.4, 0.5) is 10.3 Å².